The highest BCUT2D eigenvalue weighted by atomic mass is 19.1. The Balaban J connectivity index is 1.39. The minimum Gasteiger partial charge on any atom is -0.508 e. The van der Waals surface area contributed by atoms with Gasteiger partial charge in [0.2, 0.25) is 5.95 Å². The summed E-state index contributed by atoms with van der Waals surface area (Å²) < 4.78 is 22.2. The molecular formula is C32H39FN8O5. The van der Waals surface area contributed by atoms with E-state index in [0.717, 1.165) is 29.0 Å². The number of anilines is 3. The molecule has 2 saturated heterocycles. The zero-order valence-corrected chi connectivity index (χ0v) is 26.1. The number of fused-ring (bicyclic) bond motifs is 3. The fraction of sp³-hybridized carbons (Fsp3) is 0.438. The van der Waals surface area contributed by atoms with Crippen LogP contribution in [0, 0.1) is 0 Å². The van der Waals surface area contributed by atoms with Crippen LogP contribution in [0.15, 0.2) is 53.7 Å². The van der Waals surface area contributed by atoms with Crippen molar-refractivity contribution >= 4 is 28.4 Å². The van der Waals surface area contributed by atoms with Gasteiger partial charge in [-0.15, -0.1) is 0 Å². The van der Waals surface area contributed by atoms with E-state index in [4.69, 9.17) is 4.74 Å². The van der Waals surface area contributed by atoms with E-state index in [-0.39, 0.29) is 47.5 Å². The molecule has 0 saturated carbocycles. The van der Waals surface area contributed by atoms with Crippen LogP contribution in [-0.2, 0) is 23.5 Å². The van der Waals surface area contributed by atoms with Crippen LogP contribution in [0.25, 0.3) is 16.9 Å². The number of aliphatic hydroxyl groups is 2. The number of nitrogens with one attached hydrogen (secondary N) is 1. The molecule has 2 atom stereocenters. The summed E-state index contributed by atoms with van der Waals surface area (Å²) in [5.41, 5.74) is 0.938. The summed E-state index contributed by atoms with van der Waals surface area (Å²) in [6.07, 6.45) is 3.70. The van der Waals surface area contributed by atoms with Gasteiger partial charge in [0.25, 0.3) is 5.56 Å². The van der Waals surface area contributed by atoms with E-state index in [9.17, 15) is 24.5 Å². The zero-order valence-electron chi connectivity index (χ0n) is 26.1. The first-order valence-corrected chi connectivity index (χ1v) is 15.2. The van der Waals surface area contributed by atoms with Crippen LogP contribution >= 0.6 is 0 Å². The van der Waals surface area contributed by atoms with Crippen molar-refractivity contribution in [3.63, 3.8) is 0 Å². The molecule has 6 rings (SSSR count). The summed E-state index contributed by atoms with van der Waals surface area (Å²) >= 11 is 0. The van der Waals surface area contributed by atoms with Gasteiger partial charge < -0.3 is 30.3 Å². The lowest BCUT2D eigenvalue weighted by Gasteiger charge is -2.41. The Hall–Kier alpha value is -4.37. The minimum atomic E-state index is -1.42. The number of aliphatic hydroxyl groups excluding tert-OH is 1. The van der Waals surface area contributed by atoms with E-state index in [1.165, 1.54) is 49.7 Å². The number of aromatic nitrogens is 5. The Bertz CT molecular complexity index is 1820. The predicted octanol–water partition coefficient (Wildman–Crippen LogP) is 2.93. The average Bonchev–Trinajstić information content (AvgIpc) is 3.35. The molecule has 0 aliphatic carbocycles. The number of benzene rings is 1. The number of rotatable bonds is 11. The van der Waals surface area contributed by atoms with E-state index < -0.39 is 23.5 Å². The topological polar surface area (TPSA) is 154 Å². The summed E-state index contributed by atoms with van der Waals surface area (Å²) in [5, 5.41) is 33.6. The van der Waals surface area contributed by atoms with Gasteiger partial charge in [-0.1, -0.05) is 6.58 Å². The maximum Gasteiger partial charge on any atom is 0.278 e. The van der Waals surface area contributed by atoms with Gasteiger partial charge >= 0.3 is 0 Å². The number of piperazine rings is 1. The van der Waals surface area contributed by atoms with Crippen molar-refractivity contribution in [2.24, 2.45) is 0 Å². The molecule has 13 nitrogen and oxygen atoms in total. The first-order valence-electron chi connectivity index (χ1n) is 15.2. The molecule has 46 heavy (non-hydrogen) atoms. The summed E-state index contributed by atoms with van der Waals surface area (Å²) in [7, 11) is 2.19. The molecule has 2 unspecified atom stereocenters. The Morgan fingerprint density at radius 2 is 1.91 bits per heavy atom. The zero-order chi connectivity index (χ0) is 32.7. The van der Waals surface area contributed by atoms with Crippen molar-refractivity contribution < 1.29 is 24.4 Å². The van der Waals surface area contributed by atoms with E-state index in [1.807, 2.05) is 18.2 Å². The highest BCUT2D eigenvalue weighted by molar-refractivity contribution is 5.77. The fourth-order valence-corrected chi connectivity index (χ4v) is 6.32. The van der Waals surface area contributed by atoms with Crippen molar-refractivity contribution in [1.82, 2.24) is 29.2 Å². The Morgan fingerprint density at radius 1 is 1.17 bits per heavy atom. The van der Waals surface area contributed by atoms with Gasteiger partial charge in [-0.2, -0.15) is 4.98 Å². The van der Waals surface area contributed by atoms with Crippen LogP contribution in [0.5, 0.6) is 5.75 Å². The Labute approximate surface area is 265 Å². The fourth-order valence-electron chi connectivity index (χ4n) is 6.32. The second kappa shape index (κ2) is 12.4. The lowest BCUT2D eigenvalue weighted by atomic mass is 10.0. The third-order valence-electron chi connectivity index (χ3n) is 8.65. The number of aromatic hydroxyl groups is 1. The molecule has 244 valence electrons. The smallest absolute Gasteiger partial charge is 0.278 e. The summed E-state index contributed by atoms with van der Waals surface area (Å²) in [5.74, 6) is -0.777. The second-order valence-electron chi connectivity index (χ2n) is 12.5. The van der Waals surface area contributed by atoms with E-state index in [1.54, 1.807) is 0 Å². The molecule has 1 aromatic carbocycles. The van der Waals surface area contributed by atoms with E-state index in [2.05, 4.69) is 43.7 Å². The molecule has 2 aliphatic heterocycles. The van der Waals surface area contributed by atoms with Crippen molar-refractivity contribution in [3.8, 4) is 11.6 Å². The van der Waals surface area contributed by atoms with Crippen LogP contribution in [0.1, 0.15) is 37.9 Å². The summed E-state index contributed by atoms with van der Waals surface area (Å²) in [6.45, 7) is 8.11. The van der Waals surface area contributed by atoms with Crippen LogP contribution in [0.4, 0.5) is 21.7 Å². The minimum absolute atomic E-state index is 0.0453. The third kappa shape index (κ3) is 6.20. The molecule has 2 aliphatic rings. The molecule has 0 spiro atoms. The lowest BCUT2D eigenvalue weighted by Crippen LogP contribution is -2.52. The van der Waals surface area contributed by atoms with Crippen molar-refractivity contribution in [2.75, 3.05) is 43.6 Å². The first kappa shape index (κ1) is 31.6. The van der Waals surface area contributed by atoms with E-state index >= 15 is 0 Å². The van der Waals surface area contributed by atoms with Gasteiger partial charge in [0.05, 0.1) is 32.1 Å². The highest BCUT2D eigenvalue weighted by Gasteiger charge is 2.38. The van der Waals surface area contributed by atoms with Gasteiger partial charge in [0.15, 0.2) is 11.5 Å². The maximum absolute atomic E-state index is 14.1. The molecule has 2 bridgehead atoms. The van der Waals surface area contributed by atoms with Gasteiger partial charge in [-0.05, 0) is 51.9 Å². The molecule has 4 N–H and O–H groups in total. The normalized spacial score (nSPS) is 18.4. The molecule has 14 heteroatoms. The number of pyridine rings is 1. The molecular weight excluding hydrogens is 595 g/mol. The number of allylic oxidation sites excluding steroid dienone is 1. The number of nitrogens with zero attached hydrogens (tertiary/aromatic N) is 7. The second-order valence-corrected chi connectivity index (χ2v) is 12.5. The molecule has 3 aromatic heterocycles. The standard InChI is InChI=1S/C32H39FN8O5/c1-19(33)15-40-30(44)25-14-34-31(37-29(25)41(40)28-13-24(43)12-27(36-28)32(2,3)45)35-21-5-8-26(20(11-21)18-46-10-9-42)39-16-22-6-7-23(17-39)38(22)4/h5,8,11-14,22-23,42,45H,1,6-7,9-10,15-18H2,2-4H3,(H,36,43)(H,34,35,37). The van der Waals surface area contributed by atoms with Gasteiger partial charge in [-0.3, -0.25) is 9.69 Å². The molecule has 0 radical (unpaired) electrons. The lowest BCUT2D eigenvalue weighted by molar-refractivity contribution is 0.0734. The summed E-state index contributed by atoms with van der Waals surface area (Å²) in [4.78, 5) is 31.7. The van der Waals surface area contributed by atoms with Crippen LogP contribution in [0.3, 0.4) is 0 Å². The molecule has 0 amide bonds. The first-order chi connectivity index (χ1) is 21.9. The largest absolute Gasteiger partial charge is 0.508 e. The average molecular weight is 635 g/mol. The number of likely N-dealkylation sites (N-methyl/N-ethyl adjacent to an activating group) is 1. The van der Waals surface area contributed by atoms with Crippen LogP contribution in [0.2, 0.25) is 0 Å². The predicted molar refractivity (Wildman–Crippen MR) is 171 cm³/mol. The van der Waals surface area contributed by atoms with Crippen LogP contribution in [-0.4, -0.2) is 90.0 Å². The van der Waals surface area contributed by atoms with Crippen molar-refractivity contribution in [1.29, 1.82) is 0 Å². The molecule has 4 aromatic rings. The third-order valence-corrected chi connectivity index (χ3v) is 8.65. The van der Waals surface area contributed by atoms with Gasteiger partial charge in [0, 0.05) is 60.4 Å². The maximum atomic E-state index is 14.1. The van der Waals surface area contributed by atoms with Crippen molar-refractivity contribution in [2.45, 2.75) is 57.5 Å². The number of hydrogen-bond donors (Lipinski definition) is 4. The van der Waals surface area contributed by atoms with Gasteiger partial charge in [-0.25, -0.2) is 23.7 Å². The quantitative estimate of drug-likeness (QED) is 0.180. The number of halogens is 1. The Morgan fingerprint density at radius 3 is 2.59 bits per heavy atom. The molecule has 5 heterocycles. The Kier molecular flexibility index (Phi) is 8.55. The number of hydrogen-bond acceptors (Lipinski definition) is 11. The SMILES string of the molecule is C=C(F)Cn1c(=O)c2cnc(Nc3ccc(N4CC5CCC(C4)N5C)c(COCCO)c3)nc2n1-c1cc(O)cc(C(C)(C)O)n1. The number of ether oxygens (including phenoxy) is 1. The van der Waals surface area contributed by atoms with Gasteiger partial charge in [0.1, 0.15) is 22.6 Å². The highest BCUT2D eigenvalue weighted by Crippen LogP contribution is 2.34. The van der Waals surface area contributed by atoms with Crippen LogP contribution < -0.4 is 15.8 Å². The molecule has 2 fully saturated rings. The monoisotopic (exact) mass is 634 g/mol. The summed E-state index contributed by atoms with van der Waals surface area (Å²) in [6, 6.07) is 9.53. The van der Waals surface area contributed by atoms with E-state index in [0.29, 0.717) is 24.4 Å². The van der Waals surface area contributed by atoms with Crippen molar-refractivity contribution in [3.05, 3.63) is 70.5 Å².